The lowest BCUT2D eigenvalue weighted by atomic mass is 9.96. The molecular formula is C17H15FO. The molecule has 19 heavy (non-hydrogen) atoms. The minimum atomic E-state index is -0.247. The first kappa shape index (κ1) is 11.2. The second kappa shape index (κ2) is 3.89. The van der Waals surface area contributed by atoms with Crippen molar-refractivity contribution in [1.29, 1.82) is 0 Å². The number of ketones is 1. The molecule has 0 N–H and O–H groups in total. The van der Waals surface area contributed by atoms with Crippen molar-refractivity contribution in [2.24, 2.45) is 17.8 Å². The number of hydrogen-bond acceptors (Lipinski definition) is 1. The van der Waals surface area contributed by atoms with Gasteiger partial charge in [-0.3, -0.25) is 4.79 Å². The highest BCUT2D eigenvalue weighted by Crippen LogP contribution is 2.58. The van der Waals surface area contributed by atoms with Crippen molar-refractivity contribution in [2.75, 3.05) is 0 Å². The Morgan fingerprint density at radius 1 is 1.00 bits per heavy atom. The highest BCUT2D eigenvalue weighted by molar-refractivity contribution is 6.10. The summed E-state index contributed by atoms with van der Waals surface area (Å²) in [5.74, 6) is 1.41. The maximum atomic E-state index is 13.8. The number of rotatable bonds is 2. The van der Waals surface area contributed by atoms with E-state index in [-0.39, 0.29) is 17.5 Å². The van der Waals surface area contributed by atoms with E-state index >= 15 is 0 Å². The average molecular weight is 254 g/mol. The Morgan fingerprint density at radius 3 is 2.42 bits per heavy atom. The lowest BCUT2D eigenvalue weighted by molar-refractivity contribution is 0.0953. The number of carbonyl (C=O) groups is 1. The molecule has 0 saturated heterocycles. The van der Waals surface area contributed by atoms with Crippen molar-refractivity contribution < 1.29 is 9.18 Å². The topological polar surface area (TPSA) is 17.1 Å². The fraction of sp³-hybridized carbons (Fsp3) is 0.353. The van der Waals surface area contributed by atoms with E-state index in [1.165, 1.54) is 25.3 Å². The van der Waals surface area contributed by atoms with Gasteiger partial charge in [0, 0.05) is 16.9 Å². The first-order valence-corrected chi connectivity index (χ1v) is 6.99. The summed E-state index contributed by atoms with van der Waals surface area (Å²) >= 11 is 0. The third-order valence-corrected chi connectivity index (χ3v) is 4.85. The molecule has 0 aromatic heterocycles. The fourth-order valence-corrected chi connectivity index (χ4v) is 3.87. The van der Waals surface area contributed by atoms with Crippen LogP contribution < -0.4 is 0 Å². The van der Waals surface area contributed by atoms with Crippen molar-refractivity contribution in [2.45, 2.75) is 19.3 Å². The van der Waals surface area contributed by atoms with Crippen LogP contribution in [0.1, 0.15) is 29.6 Å². The third kappa shape index (κ3) is 1.55. The van der Waals surface area contributed by atoms with Gasteiger partial charge in [-0.2, -0.15) is 0 Å². The van der Waals surface area contributed by atoms with Gasteiger partial charge in [-0.15, -0.1) is 0 Å². The van der Waals surface area contributed by atoms with Gasteiger partial charge in [0.2, 0.25) is 0 Å². The van der Waals surface area contributed by atoms with E-state index in [1.807, 2.05) is 18.2 Å². The van der Waals surface area contributed by atoms with E-state index < -0.39 is 0 Å². The van der Waals surface area contributed by atoms with Crippen LogP contribution in [0.15, 0.2) is 36.4 Å². The van der Waals surface area contributed by atoms with E-state index in [1.54, 1.807) is 12.1 Å². The molecule has 2 heteroatoms. The van der Waals surface area contributed by atoms with Crippen molar-refractivity contribution in [3.8, 4) is 0 Å². The summed E-state index contributed by atoms with van der Waals surface area (Å²) in [6.07, 6.45) is 3.66. The number of halogens is 1. The van der Waals surface area contributed by atoms with Gasteiger partial charge in [0.1, 0.15) is 5.82 Å². The van der Waals surface area contributed by atoms with Gasteiger partial charge in [0.25, 0.3) is 0 Å². The molecule has 2 aromatic carbocycles. The number of benzene rings is 2. The second-order valence-corrected chi connectivity index (χ2v) is 5.79. The molecule has 0 spiro atoms. The number of carbonyl (C=O) groups excluding carboxylic acids is 1. The number of Topliss-reactive ketones (excluding diaryl/α,β-unsaturated/α-hetero) is 1. The normalized spacial score (nSPS) is 28.4. The Labute approximate surface area is 111 Å². The first-order valence-electron chi connectivity index (χ1n) is 6.99. The number of hydrogen-bond donors (Lipinski definition) is 0. The molecule has 4 rings (SSSR count). The lowest BCUT2D eigenvalue weighted by Crippen LogP contribution is -2.07. The zero-order valence-electron chi connectivity index (χ0n) is 10.6. The Hall–Kier alpha value is -1.70. The van der Waals surface area contributed by atoms with Crippen LogP contribution in [0.2, 0.25) is 0 Å². The molecule has 2 aliphatic rings. The molecular weight excluding hydrogens is 239 g/mol. The molecule has 0 amide bonds. The molecule has 1 nitrogen and oxygen atoms in total. The van der Waals surface area contributed by atoms with Gasteiger partial charge in [-0.05, 0) is 42.2 Å². The van der Waals surface area contributed by atoms with Crippen LogP contribution in [0, 0.1) is 23.6 Å². The maximum absolute atomic E-state index is 13.8. The van der Waals surface area contributed by atoms with Crippen LogP contribution in [-0.2, 0) is 0 Å². The van der Waals surface area contributed by atoms with Gasteiger partial charge in [-0.1, -0.05) is 30.7 Å². The fourth-order valence-electron chi connectivity index (χ4n) is 3.87. The summed E-state index contributed by atoms with van der Waals surface area (Å²) < 4.78 is 13.8. The average Bonchev–Trinajstić information content (AvgIpc) is 2.92. The molecule has 0 heterocycles. The smallest absolute Gasteiger partial charge is 0.167 e. The molecule has 2 aliphatic carbocycles. The van der Waals surface area contributed by atoms with Gasteiger partial charge in [0.15, 0.2) is 5.78 Å². The van der Waals surface area contributed by atoms with Crippen molar-refractivity contribution in [3.05, 3.63) is 47.8 Å². The summed E-state index contributed by atoms with van der Waals surface area (Å²) in [5, 5.41) is 1.32. The molecule has 96 valence electrons. The zero-order valence-corrected chi connectivity index (χ0v) is 10.6. The predicted molar refractivity (Wildman–Crippen MR) is 72.6 cm³/mol. The molecule has 2 fully saturated rings. The van der Waals surface area contributed by atoms with Gasteiger partial charge in [0.05, 0.1) is 0 Å². The molecule has 0 aliphatic heterocycles. The standard InChI is InChI=1S/C17H15FO/c18-15-9-8-14(10-4-1-2-5-11(10)15)17(19)16-12-6-3-7-13(12)16/h1-2,4-5,8-9,12-13,16H,3,6-7H2. The van der Waals surface area contributed by atoms with Crippen LogP contribution in [0.4, 0.5) is 4.39 Å². The zero-order chi connectivity index (χ0) is 13.0. The van der Waals surface area contributed by atoms with Crippen LogP contribution in [0.5, 0.6) is 0 Å². The van der Waals surface area contributed by atoms with Crippen molar-refractivity contribution >= 4 is 16.6 Å². The van der Waals surface area contributed by atoms with E-state index in [9.17, 15) is 9.18 Å². The van der Waals surface area contributed by atoms with Crippen LogP contribution >= 0.6 is 0 Å². The van der Waals surface area contributed by atoms with E-state index in [2.05, 4.69) is 0 Å². The molecule has 2 saturated carbocycles. The number of fused-ring (bicyclic) bond motifs is 2. The van der Waals surface area contributed by atoms with Gasteiger partial charge in [-0.25, -0.2) is 4.39 Å². The van der Waals surface area contributed by atoms with Crippen LogP contribution in [0.25, 0.3) is 10.8 Å². The van der Waals surface area contributed by atoms with Gasteiger partial charge < -0.3 is 0 Å². The largest absolute Gasteiger partial charge is 0.294 e. The highest BCUT2D eigenvalue weighted by atomic mass is 19.1. The van der Waals surface area contributed by atoms with Crippen molar-refractivity contribution in [1.82, 2.24) is 0 Å². The molecule has 2 unspecified atom stereocenters. The second-order valence-electron chi connectivity index (χ2n) is 5.79. The summed E-state index contributed by atoms with van der Waals surface area (Å²) in [7, 11) is 0. The van der Waals surface area contributed by atoms with E-state index in [4.69, 9.17) is 0 Å². The Kier molecular flexibility index (Phi) is 2.29. The van der Waals surface area contributed by atoms with Crippen molar-refractivity contribution in [3.63, 3.8) is 0 Å². The van der Waals surface area contributed by atoms with E-state index in [0.29, 0.717) is 22.8 Å². The summed E-state index contributed by atoms with van der Waals surface area (Å²) in [5.41, 5.74) is 0.705. The summed E-state index contributed by atoms with van der Waals surface area (Å²) in [4.78, 5) is 12.6. The predicted octanol–water partition coefficient (Wildman–Crippen LogP) is 4.21. The summed E-state index contributed by atoms with van der Waals surface area (Å²) in [6, 6.07) is 10.4. The Balaban J connectivity index is 1.79. The van der Waals surface area contributed by atoms with Crippen LogP contribution in [-0.4, -0.2) is 5.78 Å². The van der Waals surface area contributed by atoms with Crippen LogP contribution in [0.3, 0.4) is 0 Å². The first-order chi connectivity index (χ1) is 9.27. The molecule has 0 radical (unpaired) electrons. The van der Waals surface area contributed by atoms with Gasteiger partial charge >= 0.3 is 0 Å². The van der Waals surface area contributed by atoms with E-state index in [0.717, 1.165) is 5.39 Å². The highest BCUT2D eigenvalue weighted by Gasteiger charge is 2.56. The molecule has 2 atom stereocenters. The molecule has 2 aromatic rings. The maximum Gasteiger partial charge on any atom is 0.167 e. The SMILES string of the molecule is O=C(c1ccc(F)c2ccccc12)C1C2CCCC21. The lowest BCUT2D eigenvalue weighted by Gasteiger charge is -2.08. The molecule has 0 bridgehead atoms. The Morgan fingerprint density at radius 2 is 1.68 bits per heavy atom. The third-order valence-electron chi connectivity index (χ3n) is 4.85. The quantitative estimate of drug-likeness (QED) is 0.734. The monoisotopic (exact) mass is 254 g/mol. The Bertz CT molecular complexity index is 666. The minimum absolute atomic E-state index is 0.211. The summed E-state index contributed by atoms with van der Waals surface area (Å²) in [6.45, 7) is 0. The minimum Gasteiger partial charge on any atom is -0.294 e.